The highest BCUT2D eigenvalue weighted by Crippen LogP contribution is 2.25. The maximum Gasteiger partial charge on any atom is 0.147 e. The lowest BCUT2D eigenvalue weighted by Gasteiger charge is -2.22. The van der Waals surface area contributed by atoms with Crippen LogP contribution in [-0.4, -0.2) is 23.1 Å². The quantitative estimate of drug-likeness (QED) is 0.841. The number of anilines is 1. The van der Waals surface area contributed by atoms with Gasteiger partial charge >= 0.3 is 0 Å². The number of aromatic nitrogens is 1. The summed E-state index contributed by atoms with van der Waals surface area (Å²) in [6.45, 7) is 3.52. The first-order valence-electron chi connectivity index (χ1n) is 4.89. The topological polar surface area (TPSA) is 42.1 Å². The molecular formula is C10H13Cl2N3S. The van der Waals surface area contributed by atoms with E-state index < -0.39 is 0 Å². The molecule has 0 saturated heterocycles. The number of hydrogen-bond acceptors (Lipinski definition) is 3. The summed E-state index contributed by atoms with van der Waals surface area (Å²) in [6, 6.07) is 1.68. The van der Waals surface area contributed by atoms with Gasteiger partial charge in [0.15, 0.2) is 0 Å². The highest BCUT2D eigenvalue weighted by molar-refractivity contribution is 7.80. The maximum absolute atomic E-state index is 6.07. The molecule has 2 N–H and O–H groups in total. The molecule has 1 rings (SSSR count). The van der Waals surface area contributed by atoms with Crippen LogP contribution >= 0.6 is 35.4 Å². The molecular weight excluding hydrogens is 265 g/mol. The van der Waals surface area contributed by atoms with Gasteiger partial charge in [-0.1, -0.05) is 35.4 Å². The molecule has 0 aliphatic carbocycles. The van der Waals surface area contributed by atoms with Gasteiger partial charge in [0.2, 0.25) is 0 Å². The molecule has 88 valence electrons. The van der Waals surface area contributed by atoms with Gasteiger partial charge in [0.05, 0.1) is 15.0 Å². The zero-order valence-electron chi connectivity index (χ0n) is 8.91. The molecule has 1 aromatic rings. The third-order valence-electron chi connectivity index (χ3n) is 2.10. The van der Waals surface area contributed by atoms with Crippen LogP contribution < -0.4 is 10.6 Å². The third kappa shape index (κ3) is 3.77. The van der Waals surface area contributed by atoms with Crippen LogP contribution in [0, 0.1) is 0 Å². The van der Waals surface area contributed by atoms with Gasteiger partial charge in [0.1, 0.15) is 5.82 Å². The molecule has 0 aromatic carbocycles. The number of thiocarbonyl (C=S) groups is 1. The highest BCUT2D eigenvalue weighted by Gasteiger charge is 2.10. The van der Waals surface area contributed by atoms with E-state index >= 15 is 0 Å². The largest absolute Gasteiger partial charge is 0.393 e. The Kier molecular flexibility index (Phi) is 5.25. The lowest BCUT2D eigenvalue weighted by molar-refractivity contribution is 0.820. The Labute approximate surface area is 111 Å². The van der Waals surface area contributed by atoms with Crippen LogP contribution in [0.15, 0.2) is 12.3 Å². The number of hydrogen-bond donors (Lipinski definition) is 1. The minimum absolute atomic E-state index is 0.489. The molecule has 1 aromatic heterocycles. The van der Waals surface area contributed by atoms with Crippen LogP contribution in [0.25, 0.3) is 0 Å². The average molecular weight is 278 g/mol. The molecule has 0 saturated carbocycles. The SMILES string of the molecule is CCN(CCC(N)=S)c1ncc(Cl)cc1Cl. The van der Waals surface area contributed by atoms with Crippen molar-refractivity contribution in [2.45, 2.75) is 13.3 Å². The van der Waals surface area contributed by atoms with Crippen molar-refractivity contribution in [1.29, 1.82) is 0 Å². The molecule has 0 fully saturated rings. The monoisotopic (exact) mass is 277 g/mol. The molecule has 1 heterocycles. The number of rotatable bonds is 5. The van der Waals surface area contributed by atoms with Crippen LogP contribution in [-0.2, 0) is 0 Å². The molecule has 0 radical (unpaired) electrons. The lowest BCUT2D eigenvalue weighted by atomic mass is 10.3. The van der Waals surface area contributed by atoms with E-state index in [2.05, 4.69) is 4.98 Å². The molecule has 0 atom stereocenters. The number of pyridine rings is 1. The predicted molar refractivity (Wildman–Crippen MR) is 73.5 cm³/mol. The summed E-state index contributed by atoms with van der Waals surface area (Å²) in [5.41, 5.74) is 5.47. The van der Waals surface area contributed by atoms with Gasteiger partial charge in [0.25, 0.3) is 0 Å². The van der Waals surface area contributed by atoms with Gasteiger partial charge in [-0.3, -0.25) is 0 Å². The molecule has 0 spiro atoms. The van der Waals surface area contributed by atoms with E-state index in [1.165, 1.54) is 0 Å². The second kappa shape index (κ2) is 6.23. The summed E-state index contributed by atoms with van der Waals surface area (Å²) in [5.74, 6) is 0.713. The van der Waals surface area contributed by atoms with Crippen molar-refractivity contribution in [3.8, 4) is 0 Å². The fraction of sp³-hybridized carbons (Fsp3) is 0.400. The second-order valence-corrected chi connectivity index (χ2v) is 4.62. The summed E-state index contributed by atoms with van der Waals surface area (Å²) < 4.78 is 0. The van der Waals surface area contributed by atoms with Crippen molar-refractivity contribution < 1.29 is 0 Å². The first-order chi connectivity index (χ1) is 7.54. The van der Waals surface area contributed by atoms with E-state index in [1.54, 1.807) is 12.3 Å². The minimum Gasteiger partial charge on any atom is -0.393 e. The van der Waals surface area contributed by atoms with E-state index in [-0.39, 0.29) is 0 Å². The number of halogens is 2. The normalized spacial score (nSPS) is 10.2. The van der Waals surface area contributed by atoms with Crippen LogP contribution in [0.2, 0.25) is 10.0 Å². The zero-order valence-corrected chi connectivity index (χ0v) is 11.2. The highest BCUT2D eigenvalue weighted by atomic mass is 35.5. The van der Waals surface area contributed by atoms with E-state index in [0.29, 0.717) is 33.8 Å². The van der Waals surface area contributed by atoms with Gasteiger partial charge in [-0.25, -0.2) is 4.98 Å². The van der Waals surface area contributed by atoms with E-state index in [4.69, 9.17) is 41.2 Å². The first-order valence-corrected chi connectivity index (χ1v) is 6.05. The zero-order chi connectivity index (χ0) is 12.1. The Morgan fingerprint density at radius 3 is 2.75 bits per heavy atom. The maximum atomic E-state index is 6.07. The third-order valence-corrected chi connectivity index (χ3v) is 2.79. The smallest absolute Gasteiger partial charge is 0.147 e. The van der Waals surface area contributed by atoms with Crippen molar-refractivity contribution >= 4 is 46.2 Å². The Hall–Kier alpha value is -0.580. The molecule has 16 heavy (non-hydrogen) atoms. The summed E-state index contributed by atoms with van der Waals surface area (Å²) >= 11 is 16.7. The molecule has 0 bridgehead atoms. The molecule has 6 heteroatoms. The summed E-state index contributed by atoms with van der Waals surface area (Å²) in [7, 11) is 0. The van der Waals surface area contributed by atoms with Crippen LogP contribution in [0.5, 0.6) is 0 Å². The van der Waals surface area contributed by atoms with E-state index in [1.807, 2.05) is 11.8 Å². The van der Waals surface area contributed by atoms with Crippen LogP contribution in [0.4, 0.5) is 5.82 Å². The van der Waals surface area contributed by atoms with E-state index in [0.717, 1.165) is 6.54 Å². The van der Waals surface area contributed by atoms with Crippen molar-refractivity contribution in [2.24, 2.45) is 5.73 Å². The molecule has 0 amide bonds. The first kappa shape index (κ1) is 13.5. The van der Waals surface area contributed by atoms with Gasteiger partial charge in [-0.15, -0.1) is 0 Å². The number of nitrogens with zero attached hydrogens (tertiary/aromatic N) is 2. The van der Waals surface area contributed by atoms with Gasteiger partial charge in [-0.05, 0) is 13.0 Å². The van der Waals surface area contributed by atoms with Crippen molar-refractivity contribution in [3.63, 3.8) is 0 Å². The predicted octanol–water partition coefficient (Wildman–Crippen LogP) is 2.89. The van der Waals surface area contributed by atoms with Crippen LogP contribution in [0.3, 0.4) is 0 Å². The van der Waals surface area contributed by atoms with Gasteiger partial charge in [0, 0.05) is 25.7 Å². The van der Waals surface area contributed by atoms with Crippen molar-refractivity contribution in [1.82, 2.24) is 4.98 Å². The Morgan fingerprint density at radius 2 is 2.25 bits per heavy atom. The second-order valence-electron chi connectivity index (χ2n) is 3.25. The van der Waals surface area contributed by atoms with Crippen LogP contribution in [0.1, 0.15) is 13.3 Å². The molecule has 0 aliphatic rings. The number of nitrogens with two attached hydrogens (primary N) is 1. The van der Waals surface area contributed by atoms with Gasteiger partial charge in [-0.2, -0.15) is 0 Å². The summed E-state index contributed by atoms with van der Waals surface area (Å²) in [4.78, 5) is 6.71. The van der Waals surface area contributed by atoms with Gasteiger partial charge < -0.3 is 10.6 Å². The Bertz CT molecular complexity index is 384. The molecule has 0 unspecified atom stereocenters. The standard InChI is InChI=1S/C10H13Cl2N3S/c1-2-15(4-3-9(13)16)10-8(12)5-7(11)6-14-10/h5-6H,2-4H2,1H3,(H2,13,16). The summed E-state index contributed by atoms with van der Waals surface area (Å²) in [5, 5.41) is 1.07. The lowest BCUT2D eigenvalue weighted by Crippen LogP contribution is -2.28. The fourth-order valence-corrected chi connectivity index (χ4v) is 1.89. The Morgan fingerprint density at radius 1 is 1.56 bits per heavy atom. The summed E-state index contributed by atoms with van der Waals surface area (Å²) in [6.07, 6.45) is 2.22. The molecule has 3 nitrogen and oxygen atoms in total. The minimum atomic E-state index is 0.489. The van der Waals surface area contributed by atoms with Crippen molar-refractivity contribution in [3.05, 3.63) is 22.3 Å². The fourth-order valence-electron chi connectivity index (χ4n) is 1.30. The van der Waals surface area contributed by atoms with Crippen molar-refractivity contribution in [2.75, 3.05) is 18.0 Å². The molecule has 0 aliphatic heterocycles. The van der Waals surface area contributed by atoms with E-state index in [9.17, 15) is 0 Å². The average Bonchev–Trinajstić information content (AvgIpc) is 2.21. The Balaban J connectivity index is 2.82.